The molecule has 0 radical (unpaired) electrons. The summed E-state index contributed by atoms with van der Waals surface area (Å²) in [4.78, 5) is 19.5. The molecule has 3 rings (SSSR count). The molecule has 5 heteroatoms. The zero-order valence-electron chi connectivity index (χ0n) is 8.61. The van der Waals surface area contributed by atoms with Crippen LogP contribution < -0.4 is 0 Å². The highest BCUT2D eigenvalue weighted by molar-refractivity contribution is 9.10. The van der Waals surface area contributed by atoms with Crippen LogP contribution in [0, 0.1) is 0 Å². The van der Waals surface area contributed by atoms with Crippen molar-refractivity contribution in [1.82, 2.24) is 9.97 Å². The van der Waals surface area contributed by atoms with Gasteiger partial charge in [0.25, 0.3) is 0 Å². The van der Waals surface area contributed by atoms with Gasteiger partial charge in [0, 0.05) is 22.5 Å². The lowest BCUT2D eigenvalue weighted by Gasteiger charge is -1.94. The van der Waals surface area contributed by atoms with Gasteiger partial charge < -0.3 is 4.98 Å². The summed E-state index contributed by atoms with van der Waals surface area (Å²) < 4.78 is 0.700. The predicted octanol–water partition coefficient (Wildman–Crippen LogP) is 3.62. The lowest BCUT2D eigenvalue weighted by atomic mass is 10.1. The summed E-state index contributed by atoms with van der Waals surface area (Å²) in [6.45, 7) is 0. The summed E-state index contributed by atoms with van der Waals surface area (Å²) in [5.41, 5.74) is 1.63. The van der Waals surface area contributed by atoms with Crippen LogP contribution in [0.1, 0.15) is 15.4 Å². The number of fused-ring (bicyclic) bond motifs is 1. The average Bonchev–Trinajstić information content (AvgIpc) is 2.94. The third kappa shape index (κ3) is 1.81. The first-order valence-corrected chi connectivity index (χ1v) is 6.65. The Balaban J connectivity index is 2.13. The fourth-order valence-electron chi connectivity index (χ4n) is 1.73. The van der Waals surface area contributed by atoms with Gasteiger partial charge >= 0.3 is 0 Å². The van der Waals surface area contributed by atoms with E-state index in [2.05, 4.69) is 25.9 Å². The maximum Gasteiger partial charge on any atom is 0.223 e. The standard InChI is InChI=1S/C12H7BrN2OS/c13-10-6-17-12(15-10)11(16)8-5-14-9-4-2-1-3-7(8)9/h1-6,14H. The Kier molecular flexibility index (Phi) is 2.57. The molecule has 0 atom stereocenters. The third-order valence-electron chi connectivity index (χ3n) is 2.50. The van der Waals surface area contributed by atoms with E-state index in [-0.39, 0.29) is 5.78 Å². The molecule has 3 aromatic rings. The summed E-state index contributed by atoms with van der Waals surface area (Å²) in [5.74, 6) is -0.0434. The molecule has 0 amide bonds. The molecule has 84 valence electrons. The quantitative estimate of drug-likeness (QED) is 0.735. The van der Waals surface area contributed by atoms with Crippen molar-refractivity contribution < 1.29 is 4.79 Å². The Bertz CT molecular complexity index is 701. The van der Waals surface area contributed by atoms with Crippen LogP contribution in [-0.2, 0) is 0 Å². The molecule has 0 fully saturated rings. The number of nitrogens with zero attached hydrogens (tertiary/aromatic N) is 1. The molecule has 0 aliphatic carbocycles. The van der Waals surface area contributed by atoms with Crippen molar-refractivity contribution in [2.24, 2.45) is 0 Å². The van der Waals surface area contributed by atoms with E-state index in [9.17, 15) is 4.79 Å². The molecule has 0 spiro atoms. The molecule has 0 aliphatic heterocycles. The zero-order chi connectivity index (χ0) is 11.8. The van der Waals surface area contributed by atoms with E-state index in [1.54, 1.807) is 6.20 Å². The highest BCUT2D eigenvalue weighted by atomic mass is 79.9. The zero-order valence-corrected chi connectivity index (χ0v) is 11.0. The van der Waals surface area contributed by atoms with Crippen molar-refractivity contribution >= 4 is 44.0 Å². The number of para-hydroxylation sites is 1. The maximum atomic E-state index is 12.2. The van der Waals surface area contributed by atoms with Gasteiger partial charge in [0.2, 0.25) is 5.78 Å². The molecule has 0 saturated heterocycles. The number of halogens is 1. The van der Waals surface area contributed by atoms with Gasteiger partial charge in [-0.2, -0.15) is 0 Å². The SMILES string of the molecule is O=C(c1nc(Br)cs1)c1c[nH]c2ccccc12. The number of nitrogens with one attached hydrogen (secondary N) is 1. The van der Waals surface area contributed by atoms with E-state index < -0.39 is 0 Å². The molecular weight excluding hydrogens is 300 g/mol. The third-order valence-corrected chi connectivity index (χ3v) is 4.05. The Hall–Kier alpha value is -1.46. The Morgan fingerprint density at radius 1 is 1.35 bits per heavy atom. The Morgan fingerprint density at radius 3 is 2.94 bits per heavy atom. The summed E-state index contributed by atoms with van der Waals surface area (Å²) in [7, 11) is 0. The van der Waals surface area contributed by atoms with E-state index >= 15 is 0 Å². The van der Waals surface area contributed by atoms with Gasteiger partial charge in [-0.3, -0.25) is 4.79 Å². The molecular formula is C12H7BrN2OS. The number of hydrogen-bond acceptors (Lipinski definition) is 3. The second-order valence-electron chi connectivity index (χ2n) is 3.55. The second-order valence-corrected chi connectivity index (χ2v) is 5.22. The summed E-state index contributed by atoms with van der Waals surface area (Å²) in [5, 5.41) is 3.24. The summed E-state index contributed by atoms with van der Waals surface area (Å²) in [6.07, 6.45) is 1.74. The smallest absolute Gasteiger partial charge is 0.223 e. The summed E-state index contributed by atoms with van der Waals surface area (Å²) in [6, 6.07) is 7.74. The van der Waals surface area contributed by atoms with Crippen LogP contribution in [0.25, 0.3) is 10.9 Å². The fraction of sp³-hybridized carbons (Fsp3) is 0. The molecule has 2 heterocycles. The lowest BCUT2D eigenvalue weighted by Crippen LogP contribution is -1.99. The number of rotatable bonds is 2. The van der Waals surface area contributed by atoms with Crippen molar-refractivity contribution in [2.75, 3.05) is 0 Å². The van der Waals surface area contributed by atoms with Gasteiger partial charge in [-0.15, -0.1) is 11.3 Å². The van der Waals surface area contributed by atoms with Crippen LogP contribution in [0.5, 0.6) is 0 Å². The van der Waals surface area contributed by atoms with Crippen LogP contribution in [-0.4, -0.2) is 15.8 Å². The minimum absolute atomic E-state index is 0.0434. The predicted molar refractivity (Wildman–Crippen MR) is 71.5 cm³/mol. The molecule has 0 aliphatic rings. The van der Waals surface area contributed by atoms with Crippen molar-refractivity contribution in [2.45, 2.75) is 0 Å². The Labute approximate surface area is 110 Å². The van der Waals surface area contributed by atoms with Gasteiger partial charge in [-0.1, -0.05) is 18.2 Å². The van der Waals surface area contributed by atoms with E-state index in [0.29, 0.717) is 15.2 Å². The molecule has 0 unspecified atom stereocenters. The largest absolute Gasteiger partial charge is 0.360 e. The molecule has 0 bridgehead atoms. The van der Waals surface area contributed by atoms with Crippen molar-refractivity contribution in [1.29, 1.82) is 0 Å². The van der Waals surface area contributed by atoms with Crippen molar-refractivity contribution in [3.8, 4) is 0 Å². The first-order chi connectivity index (χ1) is 8.25. The summed E-state index contributed by atoms with van der Waals surface area (Å²) >= 11 is 4.60. The van der Waals surface area contributed by atoms with E-state index in [4.69, 9.17) is 0 Å². The minimum atomic E-state index is -0.0434. The monoisotopic (exact) mass is 306 g/mol. The van der Waals surface area contributed by atoms with E-state index in [0.717, 1.165) is 10.9 Å². The number of H-pyrrole nitrogens is 1. The highest BCUT2D eigenvalue weighted by Gasteiger charge is 2.16. The van der Waals surface area contributed by atoms with Crippen LogP contribution in [0.4, 0.5) is 0 Å². The first-order valence-electron chi connectivity index (χ1n) is 4.97. The number of ketones is 1. The number of benzene rings is 1. The van der Waals surface area contributed by atoms with Gasteiger partial charge in [-0.05, 0) is 22.0 Å². The average molecular weight is 307 g/mol. The van der Waals surface area contributed by atoms with Crippen LogP contribution in [0.2, 0.25) is 0 Å². The van der Waals surface area contributed by atoms with E-state index in [1.165, 1.54) is 11.3 Å². The van der Waals surface area contributed by atoms with E-state index in [1.807, 2.05) is 29.6 Å². The minimum Gasteiger partial charge on any atom is -0.360 e. The fourth-order valence-corrected chi connectivity index (χ4v) is 2.94. The number of thiazole rings is 1. The van der Waals surface area contributed by atoms with Crippen LogP contribution in [0.3, 0.4) is 0 Å². The van der Waals surface area contributed by atoms with Gasteiger partial charge in [-0.25, -0.2) is 4.98 Å². The maximum absolute atomic E-state index is 12.2. The van der Waals surface area contributed by atoms with Crippen molar-refractivity contribution in [3.05, 3.63) is 51.0 Å². The number of carbonyl (C=O) groups excluding carboxylic acids is 1. The normalized spacial score (nSPS) is 10.9. The van der Waals surface area contributed by atoms with Crippen LogP contribution in [0.15, 0.2) is 40.4 Å². The van der Waals surface area contributed by atoms with Gasteiger partial charge in [0.15, 0.2) is 5.01 Å². The number of carbonyl (C=O) groups is 1. The topological polar surface area (TPSA) is 45.8 Å². The first kappa shape index (κ1) is 10.7. The number of aromatic nitrogens is 2. The molecule has 0 saturated carbocycles. The van der Waals surface area contributed by atoms with Crippen molar-refractivity contribution in [3.63, 3.8) is 0 Å². The number of aromatic amines is 1. The van der Waals surface area contributed by atoms with Crippen LogP contribution >= 0.6 is 27.3 Å². The molecule has 1 aromatic carbocycles. The molecule has 3 nitrogen and oxygen atoms in total. The highest BCUT2D eigenvalue weighted by Crippen LogP contribution is 2.23. The second kappa shape index (κ2) is 4.09. The van der Waals surface area contributed by atoms with Gasteiger partial charge in [0.05, 0.1) is 5.56 Å². The molecule has 17 heavy (non-hydrogen) atoms. The lowest BCUT2D eigenvalue weighted by molar-refractivity contribution is 0.104. The molecule has 1 N–H and O–H groups in total. The molecule has 2 aromatic heterocycles. The van der Waals surface area contributed by atoms with Gasteiger partial charge in [0.1, 0.15) is 4.60 Å². The number of hydrogen-bond donors (Lipinski definition) is 1. The Morgan fingerprint density at radius 2 is 2.18 bits per heavy atom.